The van der Waals surface area contributed by atoms with Gasteiger partial charge in [-0.2, -0.15) is 5.26 Å². The number of hydrogen-bond donors (Lipinski definition) is 1. The average molecular weight is 269 g/mol. The number of nitriles is 1. The van der Waals surface area contributed by atoms with Gasteiger partial charge in [0.1, 0.15) is 0 Å². The molecule has 1 N–H and O–H groups in total. The number of amides is 2. The molecule has 1 heterocycles. The predicted molar refractivity (Wildman–Crippen MR) is 66.4 cm³/mol. The van der Waals surface area contributed by atoms with Crippen LogP contribution in [0, 0.1) is 11.3 Å². The molecule has 1 aliphatic heterocycles. The van der Waals surface area contributed by atoms with E-state index in [2.05, 4.69) is 0 Å². The van der Waals surface area contributed by atoms with Crippen LogP contribution in [0.1, 0.15) is 19.8 Å². The Balaban J connectivity index is 2.69. The third-order valence-electron chi connectivity index (χ3n) is 3.03. The second kappa shape index (κ2) is 7.59. The molecule has 0 aromatic heterocycles. The number of carbonyl (C=O) groups excluding carboxylic acids is 1. The lowest BCUT2D eigenvalue weighted by atomic mass is 10.1. The molecule has 0 aromatic rings. The van der Waals surface area contributed by atoms with E-state index >= 15 is 0 Å². The van der Waals surface area contributed by atoms with Crippen LogP contribution < -0.4 is 0 Å². The van der Waals surface area contributed by atoms with E-state index in [1.54, 1.807) is 9.80 Å². The van der Waals surface area contributed by atoms with Crippen molar-refractivity contribution < 1.29 is 19.4 Å². The van der Waals surface area contributed by atoms with E-state index in [9.17, 15) is 9.59 Å². The lowest BCUT2D eigenvalue weighted by Crippen LogP contribution is -2.54. The topological polar surface area (TPSA) is 93.9 Å². The van der Waals surface area contributed by atoms with Gasteiger partial charge in [0.25, 0.3) is 0 Å². The van der Waals surface area contributed by atoms with Crippen molar-refractivity contribution in [2.75, 3.05) is 32.8 Å². The van der Waals surface area contributed by atoms with Crippen molar-refractivity contribution in [3.05, 3.63) is 0 Å². The second-order valence-electron chi connectivity index (χ2n) is 4.29. The van der Waals surface area contributed by atoms with Gasteiger partial charge < -0.3 is 19.6 Å². The summed E-state index contributed by atoms with van der Waals surface area (Å²) in [7, 11) is 0. The normalized spacial score (nSPS) is 18.7. The van der Waals surface area contributed by atoms with Crippen LogP contribution in [-0.2, 0) is 9.53 Å². The molecule has 0 aliphatic carbocycles. The van der Waals surface area contributed by atoms with Crippen LogP contribution in [0.2, 0.25) is 0 Å². The van der Waals surface area contributed by atoms with Crippen LogP contribution in [0.25, 0.3) is 0 Å². The third-order valence-corrected chi connectivity index (χ3v) is 3.03. The number of urea groups is 1. The van der Waals surface area contributed by atoms with Crippen LogP contribution in [-0.4, -0.2) is 65.8 Å². The minimum absolute atomic E-state index is 0.123. The standard InChI is InChI=1S/C12H19N3O4/c1-2-14(5-3-4-13)12(18)15-6-7-19-9-10(15)8-11(16)17/h10H,2-3,5-9H2,1H3,(H,16,17). The predicted octanol–water partition coefficient (Wildman–Crippen LogP) is 0.517. The molecule has 1 fully saturated rings. The molecule has 0 aromatic carbocycles. The fourth-order valence-corrected chi connectivity index (χ4v) is 2.03. The van der Waals surface area contributed by atoms with Crippen LogP contribution in [0.3, 0.4) is 0 Å². The molecule has 7 nitrogen and oxygen atoms in total. The monoisotopic (exact) mass is 269 g/mol. The number of ether oxygens (including phenoxy) is 1. The van der Waals surface area contributed by atoms with Crippen molar-refractivity contribution in [1.29, 1.82) is 5.26 Å². The van der Waals surface area contributed by atoms with Crippen LogP contribution in [0.15, 0.2) is 0 Å². The Morgan fingerprint density at radius 1 is 1.58 bits per heavy atom. The molecule has 1 rings (SSSR count). The van der Waals surface area contributed by atoms with Gasteiger partial charge in [-0.15, -0.1) is 0 Å². The van der Waals surface area contributed by atoms with Gasteiger partial charge in [0.15, 0.2) is 0 Å². The van der Waals surface area contributed by atoms with E-state index in [4.69, 9.17) is 15.1 Å². The highest BCUT2D eigenvalue weighted by molar-refractivity contribution is 5.76. The van der Waals surface area contributed by atoms with Crippen molar-refractivity contribution >= 4 is 12.0 Å². The molecule has 7 heteroatoms. The largest absolute Gasteiger partial charge is 0.481 e. The first kappa shape index (κ1) is 15.2. The van der Waals surface area contributed by atoms with E-state index in [-0.39, 0.29) is 25.5 Å². The third kappa shape index (κ3) is 4.41. The molecule has 0 radical (unpaired) electrons. The fourth-order valence-electron chi connectivity index (χ4n) is 2.03. The van der Waals surface area contributed by atoms with Gasteiger partial charge in [-0.05, 0) is 6.92 Å². The van der Waals surface area contributed by atoms with Crippen molar-refractivity contribution in [2.45, 2.75) is 25.8 Å². The van der Waals surface area contributed by atoms with Gasteiger partial charge in [0.2, 0.25) is 0 Å². The quantitative estimate of drug-likeness (QED) is 0.785. The van der Waals surface area contributed by atoms with E-state index in [0.29, 0.717) is 26.2 Å². The Labute approximate surface area is 112 Å². The van der Waals surface area contributed by atoms with E-state index < -0.39 is 12.0 Å². The Morgan fingerprint density at radius 3 is 2.89 bits per heavy atom. The van der Waals surface area contributed by atoms with Crippen molar-refractivity contribution in [3.8, 4) is 6.07 Å². The highest BCUT2D eigenvalue weighted by Crippen LogP contribution is 2.13. The number of rotatable bonds is 5. The molecule has 1 atom stereocenters. The average Bonchev–Trinajstić information content (AvgIpc) is 2.39. The number of aliphatic carboxylic acids is 1. The van der Waals surface area contributed by atoms with Gasteiger partial charge in [-0.25, -0.2) is 4.79 Å². The van der Waals surface area contributed by atoms with E-state index in [0.717, 1.165) is 0 Å². The Morgan fingerprint density at radius 2 is 2.32 bits per heavy atom. The molecule has 0 bridgehead atoms. The molecule has 1 unspecified atom stereocenters. The summed E-state index contributed by atoms with van der Waals surface area (Å²) in [5.41, 5.74) is 0. The number of hydrogen-bond acceptors (Lipinski definition) is 4. The minimum Gasteiger partial charge on any atom is -0.481 e. The smallest absolute Gasteiger partial charge is 0.320 e. The number of carbonyl (C=O) groups is 2. The van der Waals surface area contributed by atoms with Crippen molar-refractivity contribution in [2.24, 2.45) is 0 Å². The van der Waals surface area contributed by atoms with Gasteiger partial charge in [-0.3, -0.25) is 4.79 Å². The van der Waals surface area contributed by atoms with Crippen LogP contribution >= 0.6 is 0 Å². The number of nitrogens with zero attached hydrogens (tertiary/aromatic N) is 3. The van der Waals surface area contributed by atoms with Gasteiger partial charge >= 0.3 is 12.0 Å². The molecule has 19 heavy (non-hydrogen) atoms. The minimum atomic E-state index is -0.951. The lowest BCUT2D eigenvalue weighted by molar-refractivity contribution is -0.139. The summed E-state index contributed by atoms with van der Waals surface area (Å²) in [5.74, 6) is -0.951. The maximum atomic E-state index is 12.3. The number of morpholine rings is 1. The Kier molecular flexibility index (Phi) is 6.09. The van der Waals surface area contributed by atoms with Gasteiger partial charge in [-0.1, -0.05) is 0 Å². The summed E-state index contributed by atoms with van der Waals surface area (Å²) in [6, 6.07) is 1.35. The molecular weight excluding hydrogens is 250 g/mol. The molecule has 1 saturated heterocycles. The first-order valence-corrected chi connectivity index (χ1v) is 6.32. The van der Waals surface area contributed by atoms with Crippen molar-refractivity contribution in [1.82, 2.24) is 9.80 Å². The highest BCUT2D eigenvalue weighted by Gasteiger charge is 2.31. The molecule has 2 amide bonds. The lowest BCUT2D eigenvalue weighted by Gasteiger charge is -2.37. The Hall–Kier alpha value is -1.81. The fraction of sp³-hybridized carbons (Fsp3) is 0.750. The summed E-state index contributed by atoms with van der Waals surface area (Å²) in [5, 5.41) is 17.4. The molecule has 0 spiro atoms. The highest BCUT2D eigenvalue weighted by atomic mass is 16.5. The zero-order valence-corrected chi connectivity index (χ0v) is 11.0. The Bertz CT molecular complexity index is 366. The van der Waals surface area contributed by atoms with E-state index in [1.165, 1.54) is 0 Å². The summed E-state index contributed by atoms with van der Waals surface area (Å²) in [4.78, 5) is 26.2. The maximum Gasteiger partial charge on any atom is 0.320 e. The zero-order valence-electron chi connectivity index (χ0n) is 11.0. The SMILES string of the molecule is CCN(CCC#N)C(=O)N1CCOCC1CC(=O)O. The zero-order chi connectivity index (χ0) is 14.3. The van der Waals surface area contributed by atoms with Crippen LogP contribution in [0.5, 0.6) is 0 Å². The summed E-state index contributed by atoms with van der Waals surface area (Å²) in [6.07, 6.45) is 0.148. The second-order valence-corrected chi connectivity index (χ2v) is 4.29. The van der Waals surface area contributed by atoms with E-state index in [1.807, 2.05) is 13.0 Å². The first-order valence-electron chi connectivity index (χ1n) is 6.32. The summed E-state index contributed by atoms with van der Waals surface area (Å²) >= 11 is 0. The maximum absolute atomic E-state index is 12.3. The molecule has 106 valence electrons. The van der Waals surface area contributed by atoms with Crippen molar-refractivity contribution in [3.63, 3.8) is 0 Å². The van der Waals surface area contributed by atoms with Crippen LogP contribution in [0.4, 0.5) is 4.79 Å². The molecule has 1 aliphatic rings. The summed E-state index contributed by atoms with van der Waals surface area (Å²) < 4.78 is 5.23. The number of carboxylic acids is 1. The molecule has 0 saturated carbocycles. The first-order chi connectivity index (χ1) is 9.10. The molecular formula is C12H19N3O4. The summed E-state index contributed by atoms with van der Waals surface area (Å²) in [6.45, 7) is 3.74. The van der Waals surface area contributed by atoms with Gasteiger partial charge in [0.05, 0.1) is 38.2 Å². The number of carboxylic acid groups (broad SMARTS) is 1. The van der Waals surface area contributed by atoms with Gasteiger partial charge in [0, 0.05) is 19.6 Å².